The molecule has 2 atom stereocenters. The Balaban J connectivity index is 1.72. The smallest absolute Gasteiger partial charge is 0.0445 e. The van der Waals surface area contributed by atoms with E-state index < -0.39 is 0 Å². The summed E-state index contributed by atoms with van der Waals surface area (Å²) in [6.45, 7) is 0.308. The lowest BCUT2D eigenvalue weighted by molar-refractivity contribution is 0.244. The topological polar surface area (TPSA) is 32.3 Å². The molecule has 0 saturated heterocycles. The number of rotatable bonds is 5. The first kappa shape index (κ1) is 12.2. The predicted octanol–water partition coefficient (Wildman–Crippen LogP) is 2.81. The molecule has 0 heterocycles. The molecule has 1 aromatic carbocycles. The minimum Gasteiger partial charge on any atom is -0.396 e. The molecule has 2 aliphatic carbocycles. The predicted molar refractivity (Wildman–Crippen MR) is 73.5 cm³/mol. The summed E-state index contributed by atoms with van der Waals surface area (Å²) < 4.78 is 0. The van der Waals surface area contributed by atoms with E-state index >= 15 is 0 Å². The first-order valence-corrected chi connectivity index (χ1v) is 7.33. The molecule has 0 aromatic heterocycles. The number of aliphatic hydroxyl groups is 1. The van der Waals surface area contributed by atoms with Crippen molar-refractivity contribution in [1.29, 1.82) is 0 Å². The van der Waals surface area contributed by atoms with Crippen LogP contribution >= 0.6 is 0 Å². The minimum absolute atomic E-state index is 0.308. The molecular formula is C16H23NO. The number of aliphatic hydroxyl groups excluding tert-OH is 1. The van der Waals surface area contributed by atoms with Gasteiger partial charge in [0.15, 0.2) is 0 Å². The summed E-state index contributed by atoms with van der Waals surface area (Å²) >= 11 is 0. The van der Waals surface area contributed by atoms with Gasteiger partial charge in [-0.1, -0.05) is 24.3 Å². The molecule has 2 aliphatic rings. The van der Waals surface area contributed by atoms with Crippen LogP contribution in [0.1, 0.15) is 49.3 Å². The molecule has 3 rings (SSSR count). The molecule has 2 heteroatoms. The molecule has 2 N–H and O–H groups in total. The van der Waals surface area contributed by atoms with Crippen LogP contribution in [-0.4, -0.2) is 17.8 Å². The van der Waals surface area contributed by atoms with Crippen LogP contribution in [0.3, 0.4) is 0 Å². The Labute approximate surface area is 109 Å². The van der Waals surface area contributed by atoms with Gasteiger partial charge in [0.1, 0.15) is 0 Å². The van der Waals surface area contributed by atoms with Gasteiger partial charge in [-0.15, -0.1) is 0 Å². The van der Waals surface area contributed by atoms with Crippen LogP contribution in [-0.2, 0) is 6.42 Å². The molecule has 2 nitrogen and oxygen atoms in total. The van der Waals surface area contributed by atoms with E-state index in [1.54, 1.807) is 0 Å². The van der Waals surface area contributed by atoms with Crippen molar-refractivity contribution in [3.63, 3.8) is 0 Å². The van der Waals surface area contributed by atoms with Gasteiger partial charge in [-0.2, -0.15) is 0 Å². The van der Waals surface area contributed by atoms with Crippen LogP contribution in [0.5, 0.6) is 0 Å². The molecule has 98 valence electrons. The fourth-order valence-corrected chi connectivity index (χ4v) is 3.28. The summed E-state index contributed by atoms with van der Waals surface area (Å²) in [7, 11) is 0. The number of hydrogen-bond donors (Lipinski definition) is 2. The van der Waals surface area contributed by atoms with E-state index in [9.17, 15) is 5.11 Å². The number of benzene rings is 1. The van der Waals surface area contributed by atoms with E-state index in [-0.39, 0.29) is 0 Å². The molecular weight excluding hydrogens is 222 g/mol. The Kier molecular flexibility index (Phi) is 3.67. The summed E-state index contributed by atoms with van der Waals surface area (Å²) in [6, 6.07) is 9.86. The number of fused-ring (bicyclic) bond motifs is 1. The number of hydrogen-bond acceptors (Lipinski definition) is 2. The van der Waals surface area contributed by atoms with Gasteiger partial charge in [0, 0.05) is 18.7 Å². The van der Waals surface area contributed by atoms with E-state index in [1.807, 2.05) is 0 Å². The lowest BCUT2D eigenvalue weighted by Gasteiger charge is -2.30. The molecule has 0 aliphatic heterocycles. The van der Waals surface area contributed by atoms with Crippen molar-refractivity contribution in [2.45, 2.75) is 50.6 Å². The lowest BCUT2D eigenvalue weighted by atomic mass is 9.87. The van der Waals surface area contributed by atoms with E-state index in [0.29, 0.717) is 18.7 Å². The van der Waals surface area contributed by atoms with Gasteiger partial charge in [0.2, 0.25) is 0 Å². The zero-order chi connectivity index (χ0) is 12.4. The largest absolute Gasteiger partial charge is 0.396 e. The molecule has 1 fully saturated rings. The van der Waals surface area contributed by atoms with Gasteiger partial charge < -0.3 is 10.4 Å². The minimum atomic E-state index is 0.308. The highest BCUT2D eigenvalue weighted by Crippen LogP contribution is 2.37. The maximum absolute atomic E-state index is 9.20. The van der Waals surface area contributed by atoms with Gasteiger partial charge in [-0.3, -0.25) is 0 Å². The Morgan fingerprint density at radius 1 is 1.22 bits per heavy atom. The van der Waals surface area contributed by atoms with Crippen molar-refractivity contribution in [1.82, 2.24) is 5.32 Å². The van der Waals surface area contributed by atoms with Gasteiger partial charge >= 0.3 is 0 Å². The van der Waals surface area contributed by atoms with Gasteiger partial charge in [0.05, 0.1) is 0 Å². The van der Waals surface area contributed by atoms with E-state index in [1.165, 1.54) is 43.2 Å². The van der Waals surface area contributed by atoms with Crippen LogP contribution in [0.15, 0.2) is 24.3 Å². The molecule has 1 saturated carbocycles. The SMILES string of the molecule is OCCC(NC1CCCc2ccccc21)C1CC1. The lowest BCUT2D eigenvalue weighted by Crippen LogP contribution is -2.36. The summed E-state index contributed by atoms with van der Waals surface area (Å²) in [5, 5.41) is 13.0. The van der Waals surface area contributed by atoms with Crippen LogP contribution < -0.4 is 5.32 Å². The highest BCUT2D eigenvalue weighted by Gasteiger charge is 2.33. The zero-order valence-corrected chi connectivity index (χ0v) is 10.9. The highest BCUT2D eigenvalue weighted by molar-refractivity contribution is 5.32. The third-order valence-electron chi connectivity index (χ3n) is 4.42. The Morgan fingerprint density at radius 2 is 2.06 bits per heavy atom. The van der Waals surface area contributed by atoms with Crippen molar-refractivity contribution in [2.24, 2.45) is 5.92 Å². The average molecular weight is 245 g/mol. The quantitative estimate of drug-likeness (QED) is 0.836. The molecule has 0 bridgehead atoms. The van der Waals surface area contributed by atoms with Gasteiger partial charge in [0.25, 0.3) is 0 Å². The molecule has 18 heavy (non-hydrogen) atoms. The number of nitrogens with one attached hydrogen (secondary N) is 1. The summed E-state index contributed by atoms with van der Waals surface area (Å²) in [4.78, 5) is 0. The maximum atomic E-state index is 9.20. The Hall–Kier alpha value is -0.860. The maximum Gasteiger partial charge on any atom is 0.0445 e. The van der Waals surface area contributed by atoms with E-state index in [4.69, 9.17) is 0 Å². The fraction of sp³-hybridized carbons (Fsp3) is 0.625. The normalized spacial score (nSPS) is 24.6. The van der Waals surface area contributed by atoms with Crippen LogP contribution in [0.25, 0.3) is 0 Å². The highest BCUT2D eigenvalue weighted by atomic mass is 16.3. The summed E-state index contributed by atoms with van der Waals surface area (Å²) in [5.41, 5.74) is 3.01. The third-order valence-corrected chi connectivity index (χ3v) is 4.42. The second-order valence-corrected chi connectivity index (χ2v) is 5.77. The monoisotopic (exact) mass is 245 g/mol. The molecule has 1 aromatic rings. The second-order valence-electron chi connectivity index (χ2n) is 5.77. The summed E-state index contributed by atoms with van der Waals surface area (Å²) in [5.74, 6) is 0.811. The van der Waals surface area contributed by atoms with E-state index in [0.717, 1.165) is 12.3 Å². The van der Waals surface area contributed by atoms with Gasteiger partial charge in [-0.25, -0.2) is 0 Å². The first-order chi connectivity index (χ1) is 8.88. The molecule has 0 spiro atoms. The Bertz CT molecular complexity index is 400. The summed E-state index contributed by atoms with van der Waals surface area (Å²) in [6.07, 6.45) is 7.33. The van der Waals surface area contributed by atoms with Crippen molar-refractivity contribution < 1.29 is 5.11 Å². The van der Waals surface area contributed by atoms with Crippen molar-refractivity contribution in [3.8, 4) is 0 Å². The van der Waals surface area contributed by atoms with Crippen molar-refractivity contribution in [2.75, 3.05) is 6.61 Å². The van der Waals surface area contributed by atoms with Crippen LogP contribution in [0.4, 0.5) is 0 Å². The second kappa shape index (κ2) is 5.41. The standard InChI is InChI=1S/C16H23NO/c18-11-10-15(13-8-9-13)17-16-7-3-5-12-4-1-2-6-14(12)16/h1-2,4,6,13,15-18H,3,5,7-11H2. The van der Waals surface area contributed by atoms with Crippen molar-refractivity contribution >= 4 is 0 Å². The molecule has 0 amide bonds. The average Bonchev–Trinajstić information content (AvgIpc) is 3.23. The first-order valence-electron chi connectivity index (χ1n) is 7.33. The van der Waals surface area contributed by atoms with Crippen molar-refractivity contribution in [3.05, 3.63) is 35.4 Å². The van der Waals surface area contributed by atoms with Crippen LogP contribution in [0, 0.1) is 5.92 Å². The number of aryl methyl sites for hydroxylation is 1. The van der Waals surface area contributed by atoms with E-state index in [2.05, 4.69) is 29.6 Å². The fourth-order valence-electron chi connectivity index (χ4n) is 3.28. The van der Waals surface area contributed by atoms with Gasteiger partial charge in [-0.05, 0) is 55.6 Å². The Morgan fingerprint density at radius 3 is 2.83 bits per heavy atom. The zero-order valence-electron chi connectivity index (χ0n) is 10.9. The van der Waals surface area contributed by atoms with Crippen LogP contribution in [0.2, 0.25) is 0 Å². The third kappa shape index (κ3) is 2.60. The molecule has 0 radical (unpaired) electrons. The molecule has 2 unspecified atom stereocenters.